The lowest BCUT2D eigenvalue weighted by atomic mass is 10.2. The van der Waals surface area contributed by atoms with Crippen molar-refractivity contribution in [1.29, 1.82) is 0 Å². The summed E-state index contributed by atoms with van der Waals surface area (Å²) >= 11 is 3.41. The molecule has 1 amide bonds. The quantitative estimate of drug-likeness (QED) is 0.480. The summed E-state index contributed by atoms with van der Waals surface area (Å²) in [6.45, 7) is 11.4. The number of hydrogen-bond acceptors (Lipinski definition) is 4. The summed E-state index contributed by atoms with van der Waals surface area (Å²) in [7, 11) is -3.69. The molecule has 0 bridgehead atoms. The highest BCUT2D eigenvalue weighted by molar-refractivity contribution is 9.10. The summed E-state index contributed by atoms with van der Waals surface area (Å²) in [5, 5.41) is 2.76. The van der Waals surface area contributed by atoms with Crippen LogP contribution in [0.1, 0.15) is 24.2 Å². The lowest BCUT2D eigenvalue weighted by Crippen LogP contribution is -2.31. The molecule has 2 rings (SSSR count). The summed E-state index contributed by atoms with van der Waals surface area (Å²) < 4.78 is 33.1. The highest BCUT2D eigenvalue weighted by atomic mass is 79.9. The molecule has 0 saturated heterocycles. The van der Waals surface area contributed by atoms with Crippen molar-refractivity contribution in [2.24, 2.45) is 0 Å². The van der Waals surface area contributed by atoms with Crippen LogP contribution in [0.4, 0.5) is 5.69 Å². The van der Waals surface area contributed by atoms with E-state index in [2.05, 4.69) is 34.4 Å². The monoisotopic (exact) mass is 492 g/mol. The predicted molar refractivity (Wildman–Crippen MR) is 123 cm³/mol. The molecule has 0 aliphatic carbocycles. The van der Waals surface area contributed by atoms with Crippen molar-refractivity contribution in [3.05, 3.63) is 77.8 Å². The first-order valence-electron chi connectivity index (χ1n) is 9.28. The zero-order valence-corrected chi connectivity index (χ0v) is 19.4. The van der Waals surface area contributed by atoms with Gasteiger partial charge in [0.25, 0.3) is 5.91 Å². The minimum atomic E-state index is -3.69. The maximum absolute atomic E-state index is 12.7. The number of halogens is 1. The minimum absolute atomic E-state index is 0.0182. The van der Waals surface area contributed by atoms with Crippen molar-refractivity contribution < 1.29 is 17.9 Å². The fraction of sp³-hybridized carbons (Fsp3) is 0.227. The molecule has 2 aromatic carbocycles. The molecule has 1 N–H and O–H groups in total. The fourth-order valence-electron chi connectivity index (χ4n) is 2.61. The Balaban J connectivity index is 2.15. The third-order valence-corrected chi connectivity index (χ3v) is 6.44. The Morgan fingerprint density at radius 3 is 2.23 bits per heavy atom. The van der Waals surface area contributed by atoms with Gasteiger partial charge in [-0.1, -0.05) is 12.2 Å². The first-order chi connectivity index (χ1) is 14.2. The molecule has 2 aromatic rings. The number of benzene rings is 2. The highest BCUT2D eigenvalue weighted by Gasteiger charge is 2.22. The maximum Gasteiger partial charge on any atom is 0.255 e. The summed E-state index contributed by atoms with van der Waals surface area (Å²) in [5.74, 6) is 0.335. The Labute approximate surface area is 186 Å². The maximum atomic E-state index is 12.7. The summed E-state index contributed by atoms with van der Waals surface area (Å²) in [5.41, 5.74) is 0.925. The molecular formula is C22H25BrN2O4S. The van der Waals surface area contributed by atoms with Crippen molar-refractivity contribution in [2.75, 3.05) is 18.4 Å². The number of anilines is 1. The van der Waals surface area contributed by atoms with E-state index in [4.69, 9.17) is 4.74 Å². The number of ether oxygens (including phenoxy) is 1. The van der Waals surface area contributed by atoms with Crippen molar-refractivity contribution in [2.45, 2.75) is 24.8 Å². The summed E-state index contributed by atoms with van der Waals surface area (Å²) in [4.78, 5) is 12.7. The molecule has 160 valence electrons. The van der Waals surface area contributed by atoms with E-state index in [9.17, 15) is 13.2 Å². The van der Waals surface area contributed by atoms with E-state index in [1.807, 2.05) is 13.8 Å². The van der Waals surface area contributed by atoms with Gasteiger partial charge in [0.05, 0.1) is 15.5 Å². The lowest BCUT2D eigenvalue weighted by Gasteiger charge is -2.19. The molecule has 0 aromatic heterocycles. The van der Waals surface area contributed by atoms with E-state index in [0.29, 0.717) is 21.5 Å². The van der Waals surface area contributed by atoms with Crippen LogP contribution in [-0.4, -0.2) is 37.8 Å². The number of nitrogens with one attached hydrogen (secondary N) is 1. The van der Waals surface area contributed by atoms with Gasteiger partial charge in [-0.05, 0) is 72.2 Å². The topological polar surface area (TPSA) is 75.7 Å². The van der Waals surface area contributed by atoms with Crippen LogP contribution in [0.5, 0.6) is 5.75 Å². The second-order valence-electron chi connectivity index (χ2n) is 6.69. The second-order valence-corrected chi connectivity index (χ2v) is 9.48. The number of amides is 1. The van der Waals surface area contributed by atoms with Crippen molar-refractivity contribution >= 4 is 37.5 Å². The van der Waals surface area contributed by atoms with Gasteiger partial charge in [-0.2, -0.15) is 4.31 Å². The van der Waals surface area contributed by atoms with Gasteiger partial charge in [0.15, 0.2) is 0 Å². The van der Waals surface area contributed by atoms with Crippen molar-refractivity contribution in [1.82, 2.24) is 4.31 Å². The molecule has 30 heavy (non-hydrogen) atoms. The Morgan fingerprint density at radius 2 is 1.73 bits per heavy atom. The van der Waals surface area contributed by atoms with Crippen LogP contribution in [0.25, 0.3) is 0 Å². The van der Waals surface area contributed by atoms with Gasteiger partial charge >= 0.3 is 0 Å². The summed E-state index contributed by atoms with van der Waals surface area (Å²) in [6, 6.07) is 11.1. The third-order valence-electron chi connectivity index (χ3n) is 3.97. The van der Waals surface area contributed by atoms with E-state index in [1.165, 1.54) is 28.6 Å². The molecular weight excluding hydrogens is 468 g/mol. The normalized spacial score (nSPS) is 11.4. The molecule has 8 heteroatoms. The molecule has 0 spiro atoms. The van der Waals surface area contributed by atoms with Crippen molar-refractivity contribution in [3.8, 4) is 5.75 Å². The zero-order valence-electron chi connectivity index (χ0n) is 17.0. The van der Waals surface area contributed by atoms with Gasteiger partial charge in [0, 0.05) is 24.3 Å². The number of nitrogens with zero attached hydrogens (tertiary/aromatic N) is 1. The first-order valence-corrected chi connectivity index (χ1v) is 11.5. The van der Waals surface area contributed by atoms with Crippen LogP contribution in [0.15, 0.2) is 77.1 Å². The Kier molecular flexibility index (Phi) is 8.40. The first kappa shape index (κ1) is 23.9. The van der Waals surface area contributed by atoms with Gasteiger partial charge in [0.1, 0.15) is 5.75 Å². The molecule has 0 aliphatic heterocycles. The van der Waals surface area contributed by atoms with E-state index in [1.54, 1.807) is 30.3 Å². The van der Waals surface area contributed by atoms with Crippen molar-refractivity contribution in [3.63, 3.8) is 0 Å². The van der Waals surface area contributed by atoms with E-state index >= 15 is 0 Å². The minimum Gasteiger partial charge on any atom is -0.490 e. The van der Waals surface area contributed by atoms with Crippen LogP contribution in [-0.2, 0) is 10.0 Å². The molecule has 0 fully saturated rings. The third kappa shape index (κ3) is 6.04. The van der Waals surface area contributed by atoms with Crippen LogP contribution in [0.3, 0.4) is 0 Å². The van der Waals surface area contributed by atoms with Gasteiger partial charge in [-0.25, -0.2) is 8.42 Å². The Hall–Kier alpha value is -2.42. The van der Waals surface area contributed by atoms with Gasteiger partial charge < -0.3 is 10.1 Å². The average molecular weight is 493 g/mol. The number of carbonyl (C=O) groups is 1. The van der Waals surface area contributed by atoms with Crippen LogP contribution >= 0.6 is 15.9 Å². The molecule has 0 radical (unpaired) electrons. The SMILES string of the molecule is C=CCN(CC=C)S(=O)(=O)c1ccc(NC(=O)c2ccc(OC(C)C)c(Br)c2)cc1. The van der Waals surface area contributed by atoms with Crippen LogP contribution in [0, 0.1) is 0 Å². The molecule has 0 aliphatic rings. The second kappa shape index (κ2) is 10.6. The number of rotatable bonds is 10. The van der Waals surface area contributed by atoms with E-state index < -0.39 is 10.0 Å². The Morgan fingerprint density at radius 1 is 1.13 bits per heavy atom. The highest BCUT2D eigenvalue weighted by Crippen LogP contribution is 2.27. The molecule has 6 nitrogen and oxygen atoms in total. The standard InChI is InChI=1S/C22H25BrN2O4S/c1-5-13-25(14-6-2)30(27,28)19-10-8-18(9-11-19)24-22(26)17-7-12-21(20(23)15-17)29-16(3)4/h5-12,15-16H,1-2,13-14H2,3-4H3,(H,24,26). The van der Waals surface area contributed by atoms with Gasteiger partial charge in [0.2, 0.25) is 10.0 Å². The molecule has 0 heterocycles. The van der Waals surface area contributed by atoms with E-state index in [0.717, 1.165) is 0 Å². The molecule has 0 saturated carbocycles. The zero-order chi connectivity index (χ0) is 22.3. The Bertz CT molecular complexity index is 1010. The lowest BCUT2D eigenvalue weighted by molar-refractivity contribution is 0.102. The fourth-order valence-corrected chi connectivity index (χ4v) is 4.47. The summed E-state index contributed by atoms with van der Waals surface area (Å²) in [6.07, 6.45) is 3.06. The average Bonchev–Trinajstić information content (AvgIpc) is 2.69. The van der Waals surface area contributed by atoms with Crippen LogP contribution < -0.4 is 10.1 Å². The van der Waals surface area contributed by atoms with Gasteiger partial charge in [-0.3, -0.25) is 4.79 Å². The number of carbonyl (C=O) groups excluding carboxylic acids is 1. The number of hydrogen-bond donors (Lipinski definition) is 1. The number of sulfonamides is 1. The smallest absolute Gasteiger partial charge is 0.255 e. The van der Waals surface area contributed by atoms with Crippen LogP contribution in [0.2, 0.25) is 0 Å². The van der Waals surface area contributed by atoms with E-state index in [-0.39, 0.29) is 30.0 Å². The molecule has 0 unspecified atom stereocenters. The predicted octanol–water partition coefficient (Wildman–Crippen LogP) is 4.85. The van der Waals surface area contributed by atoms with Gasteiger partial charge in [-0.15, -0.1) is 13.2 Å². The largest absolute Gasteiger partial charge is 0.490 e. The molecule has 0 atom stereocenters.